The van der Waals surface area contributed by atoms with E-state index in [9.17, 15) is 4.79 Å². The van der Waals surface area contributed by atoms with E-state index < -0.39 is 0 Å². The normalized spacial score (nSPS) is 19.4. The standard InChI is InChI=1S/C18H21N3O3/c1-2-23-17(22)13-21-9-7-18(8-10-21)11-16(20-24-18)15-5-3-14(12-19)4-6-15/h3-6,11,20H,2,7-10,13H2,1H3. The number of carbonyl (C=O) groups is 1. The summed E-state index contributed by atoms with van der Waals surface area (Å²) in [4.78, 5) is 19.5. The number of esters is 1. The van der Waals surface area contributed by atoms with Gasteiger partial charge in [-0.1, -0.05) is 12.1 Å². The van der Waals surface area contributed by atoms with Gasteiger partial charge in [0.25, 0.3) is 0 Å². The molecule has 6 heteroatoms. The number of nitrogens with zero attached hydrogens (tertiary/aromatic N) is 2. The van der Waals surface area contributed by atoms with Crippen LogP contribution in [-0.4, -0.2) is 42.7 Å². The number of nitriles is 1. The Morgan fingerprint density at radius 3 is 2.71 bits per heavy atom. The molecule has 0 unspecified atom stereocenters. The van der Waals surface area contributed by atoms with E-state index in [-0.39, 0.29) is 11.6 Å². The van der Waals surface area contributed by atoms with E-state index in [0.717, 1.165) is 37.2 Å². The molecular formula is C18H21N3O3. The fourth-order valence-electron chi connectivity index (χ4n) is 3.07. The molecule has 0 atom stereocenters. The Morgan fingerprint density at radius 1 is 1.38 bits per heavy atom. The molecule has 126 valence electrons. The van der Waals surface area contributed by atoms with E-state index in [1.165, 1.54) is 0 Å². The van der Waals surface area contributed by atoms with Gasteiger partial charge in [0.05, 0.1) is 30.5 Å². The number of benzene rings is 1. The monoisotopic (exact) mass is 327 g/mol. The lowest BCUT2D eigenvalue weighted by Gasteiger charge is -2.36. The first-order valence-electron chi connectivity index (χ1n) is 8.19. The van der Waals surface area contributed by atoms with Crippen molar-refractivity contribution in [2.75, 3.05) is 26.2 Å². The van der Waals surface area contributed by atoms with Crippen molar-refractivity contribution in [2.24, 2.45) is 0 Å². The number of piperidine rings is 1. The van der Waals surface area contributed by atoms with Gasteiger partial charge in [0.2, 0.25) is 0 Å². The summed E-state index contributed by atoms with van der Waals surface area (Å²) in [6.45, 7) is 4.15. The van der Waals surface area contributed by atoms with Crippen molar-refractivity contribution in [1.82, 2.24) is 10.4 Å². The van der Waals surface area contributed by atoms with Crippen LogP contribution in [0.15, 0.2) is 30.3 Å². The first kappa shape index (κ1) is 16.5. The third kappa shape index (κ3) is 3.58. The Balaban J connectivity index is 1.61. The molecule has 1 spiro atoms. The summed E-state index contributed by atoms with van der Waals surface area (Å²) >= 11 is 0. The summed E-state index contributed by atoms with van der Waals surface area (Å²) in [5.41, 5.74) is 5.26. The first-order chi connectivity index (χ1) is 11.6. The van der Waals surface area contributed by atoms with Gasteiger partial charge >= 0.3 is 5.97 Å². The van der Waals surface area contributed by atoms with Gasteiger partial charge < -0.3 is 4.74 Å². The smallest absolute Gasteiger partial charge is 0.320 e. The minimum Gasteiger partial charge on any atom is -0.465 e. The molecule has 1 N–H and O–H groups in total. The molecule has 2 aliphatic rings. The second-order valence-corrected chi connectivity index (χ2v) is 6.10. The van der Waals surface area contributed by atoms with Gasteiger partial charge in [-0.05, 0) is 43.5 Å². The molecule has 0 aliphatic carbocycles. The van der Waals surface area contributed by atoms with Crippen molar-refractivity contribution >= 4 is 11.7 Å². The minimum absolute atomic E-state index is 0.173. The molecule has 1 aromatic carbocycles. The number of likely N-dealkylation sites (tertiary alicyclic amines) is 1. The maximum absolute atomic E-state index is 11.6. The van der Waals surface area contributed by atoms with E-state index in [4.69, 9.17) is 14.8 Å². The molecule has 3 rings (SSSR count). The fraction of sp³-hybridized carbons (Fsp3) is 0.444. The van der Waals surface area contributed by atoms with Crippen molar-refractivity contribution in [3.05, 3.63) is 41.5 Å². The Kier molecular flexibility index (Phi) is 4.84. The fourth-order valence-corrected chi connectivity index (χ4v) is 3.07. The summed E-state index contributed by atoms with van der Waals surface area (Å²) in [6, 6.07) is 9.53. The molecule has 0 bridgehead atoms. The summed E-state index contributed by atoms with van der Waals surface area (Å²) in [6.07, 6.45) is 3.76. The Labute approximate surface area is 141 Å². The van der Waals surface area contributed by atoms with Crippen LogP contribution in [0.4, 0.5) is 0 Å². The number of ether oxygens (including phenoxy) is 1. The van der Waals surface area contributed by atoms with Crippen LogP contribution in [-0.2, 0) is 14.4 Å². The zero-order valence-corrected chi connectivity index (χ0v) is 13.7. The van der Waals surface area contributed by atoms with Crippen LogP contribution in [0.1, 0.15) is 30.9 Å². The highest BCUT2D eigenvalue weighted by molar-refractivity contribution is 5.71. The molecule has 2 aliphatic heterocycles. The van der Waals surface area contributed by atoms with Gasteiger partial charge in [-0.3, -0.25) is 20.0 Å². The second kappa shape index (κ2) is 7.04. The predicted molar refractivity (Wildman–Crippen MR) is 88.4 cm³/mol. The van der Waals surface area contributed by atoms with E-state index in [2.05, 4.69) is 22.5 Å². The van der Waals surface area contributed by atoms with Crippen LogP contribution in [0.2, 0.25) is 0 Å². The van der Waals surface area contributed by atoms with Gasteiger partial charge in [-0.25, -0.2) is 0 Å². The molecule has 0 amide bonds. The SMILES string of the molecule is CCOC(=O)CN1CCC2(C=C(c3ccc(C#N)cc3)NO2)CC1. The van der Waals surface area contributed by atoms with E-state index in [0.29, 0.717) is 18.7 Å². The minimum atomic E-state index is -0.325. The molecule has 0 aromatic heterocycles. The molecule has 1 saturated heterocycles. The second-order valence-electron chi connectivity index (χ2n) is 6.10. The molecule has 6 nitrogen and oxygen atoms in total. The third-order valence-electron chi connectivity index (χ3n) is 4.46. The zero-order valence-electron chi connectivity index (χ0n) is 13.7. The van der Waals surface area contributed by atoms with E-state index in [1.54, 1.807) is 12.1 Å². The molecule has 0 radical (unpaired) electrons. The van der Waals surface area contributed by atoms with Crippen molar-refractivity contribution in [2.45, 2.75) is 25.4 Å². The number of rotatable bonds is 4. The van der Waals surface area contributed by atoms with Crippen LogP contribution >= 0.6 is 0 Å². The van der Waals surface area contributed by atoms with Gasteiger partial charge in [0.1, 0.15) is 5.60 Å². The molecular weight excluding hydrogens is 306 g/mol. The van der Waals surface area contributed by atoms with Crippen LogP contribution in [0.3, 0.4) is 0 Å². The average Bonchev–Trinajstić information content (AvgIpc) is 3.01. The number of hydroxylamine groups is 1. The quantitative estimate of drug-likeness (QED) is 0.851. The molecule has 1 aromatic rings. The average molecular weight is 327 g/mol. The van der Waals surface area contributed by atoms with Crippen LogP contribution < -0.4 is 5.48 Å². The van der Waals surface area contributed by atoms with Crippen molar-refractivity contribution in [1.29, 1.82) is 5.26 Å². The highest BCUT2D eigenvalue weighted by Crippen LogP contribution is 2.34. The maximum atomic E-state index is 11.6. The molecule has 0 saturated carbocycles. The number of carbonyl (C=O) groups excluding carboxylic acids is 1. The molecule has 24 heavy (non-hydrogen) atoms. The van der Waals surface area contributed by atoms with Crippen LogP contribution in [0, 0.1) is 11.3 Å². The van der Waals surface area contributed by atoms with Gasteiger partial charge in [0.15, 0.2) is 0 Å². The number of nitrogens with one attached hydrogen (secondary N) is 1. The lowest BCUT2D eigenvalue weighted by molar-refractivity contribution is -0.146. The van der Waals surface area contributed by atoms with Gasteiger partial charge in [0, 0.05) is 13.1 Å². The van der Waals surface area contributed by atoms with Gasteiger partial charge in [-0.15, -0.1) is 0 Å². The van der Waals surface area contributed by atoms with Gasteiger partial charge in [-0.2, -0.15) is 5.26 Å². The summed E-state index contributed by atoms with van der Waals surface area (Å²) in [5.74, 6) is -0.173. The lowest BCUT2D eigenvalue weighted by Crippen LogP contribution is -2.46. The Bertz CT molecular complexity index is 668. The van der Waals surface area contributed by atoms with Crippen molar-refractivity contribution in [3.63, 3.8) is 0 Å². The Morgan fingerprint density at radius 2 is 2.08 bits per heavy atom. The summed E-state index contributed by atoms with van der Waals surface area (Å²) in [7, 11) is 0. The topological polar surface area (TPSA) is 74.6 Å². The van der Waals surface area contributed by atoms with Crippen LogP contribution in [0.25, 0.3) is 5.70 Å². The van der Waals surface area contributed by atoms with Crippen molar-refractivity contribution < 1.29 is 14.4 Å². The third-order valence-corrected chi connectivity index (χ3v) is 4.46. The number of hydrogen-bond donors (Lipinski definition) is 1. The van der Waals surface area contributed by atoms with Crippen molar-refractivity contribution in [3.8, 4) is 6.07 Å². The number of hydrogen-bond acceptors (Lipinski definition) is 6. The highest BCUT2D eigenvalue weighted by Gasteiger charge is 2.39. The van der Waals surface area contributed by atoms with E-state index in [1.807, 2.05) is 19.1 Å². The predicted octanol–water partition coefficient (Wildman–Crippen LogP) is 1.83. The lowest BCUT2D eigenvalue weighted by atomic mass is 9.90. The van der Waals surface area contributed by atoms with Crippen LogP contribution in [0.5, 0.6) is 0 Å². The largest absolute Gasteiger partial charge is 0.465 e. The van der Waals surface area contributed by atoms with E-state index >= 15 is 0 Å². The summed E-state index contributed by atoms with van der Waals surface area (Å²) in [5, 5.41) is 8.87. The molecule has 2 heterocycles. The molecule has 1 fully saturated rings. The zero-order chi connectivity index (χ0) is 17.0. The highest BCUT2D eigenvalue weighted by atomic mass is 16.7. The maximum Gasteiger partial charge on any atom is 0.320 e. The summed E-state index contributed by atoms with van der Waals surface area (Å²) < 4.78 is 5.00. The first-order valence-corrected chi connectivity index (χ1v) is 8.19. The Hall–Kier alpha value is -2.36.